The summed E-state index contributed by atoms with van der Waals surface area (Å²) in [7, 11) is 0. The fraction of sp³-hybridized carbons (Fsp3) is 0.263. The van der Waals surface area contributed by atoms with Gasteiger partial charge in [-0.15, -0.1) is 0 Å². The number of ether oxygens (including phenoxy) is 1. The van der Waals surface area contributed by atoms with Crippen LogP contribution in [0.4, 0.5) is 5.69 Å². The maximum Gasteiger partial charge on any atom is 0.323 e. The van der Waals surface area contributed by atoms with Crippen LogP contribution in [-0.2, 0) is 10.2 Å². The van der Waals surface area contributed by atoms with Gasteiger partial charge in [-0.05, 0) is 41.3 Å². The van der Waals surface area contributed by atoms with Gasteiger partial charge in [0.05, 0.1) is 11.0 Å². The van der Waals surface area contributed by atoms with Gasteiger partial charge in [-0.3, -0.25) is 4.79 Å². The summed E-state index contributed by atoms with van der Waals surface area (Å²) in [4.78, 5) is 28.6. The molecule has 0 bridgehead atoms. The Labute approximate surface area is 145 Å². The van der Waals surface area contributed by atoms with Crippen LogP contribution < -0.4 is 15.7 Å². The van der Waals surface area contributed by atoms with Gasteiger partial charge in [-0.25, -0.2) is 4.79 Å². The van der Waals surface area contributed by atoms with E-state index in [-0.39, 0.29) is 23.6 Å². The standard InChI is InChI=1S/C19H21N3O3/c1-19(2,3)12-4-7-14(8-5-12)25-11-17(23)20-13-6-9-15-16(10-13)22-18(24)21-15/h4-10H,11H2,1-3H3,(H,20,23)(H2,21,22,24). The second-order valence-corrected chi connectivity index (χ2v) is 6.95. The van der Waals surface area contributed by atoms with E-state index in [1.165, 1.54) is 5.56 Å². The third-order valence-electron chi connectivity index (χ3n) is 3.89. The van der Waals surface area contributed by atoms with Crippen LogP contribution in [0.2, 0.25) is 0 Å². The normalized spacial score (nSPS) is 11.5. The Hall–Kier alpha value is -3.02. The Morgan fingerprint density at radius 1 is 1.04 bits per heavy atom. The lowest BCUT2D eigenvalue weighted by Crippen LogP contribution is -2.20. The van der Waals surface area contributed by atoms with Gasteiger partial charge in [-0.1, -0.05) is 32.9 Å². The highest BCUT2D eigenvalue weighted by Crippen LogP contribution is 2.24. The predicted molar refractivity (Wildman–Crippen MR) is 98.2 cm³/mol. The van der Waals surface area contributed by atoms with Crippen LogP contribution in [-0.4, -0.2) is 22.5 Å². The molecular formula is C19H21N3O3. The molecule has 3 rings (SSSR count). The van der Waals surface area contributed by atoms with Gasteiger partial charge >= 0.3 is 5.69 Å². The monoisotopic (exact) mass is 339 g/mol. The molecular weight excluding hydrogens is 318 g/mol. The quantitative estimate of drug-likeness (QED) is 0.682. The third kappa shape index (κ3) is 4.09. The molecule has 0 aliphatic carbocycles. The van der Waals surface area contributed by atoms with E-state index in [0.717, 1.165) is 0 Å². The van der Waals surface area contributed by atoms with Crippen LogP contribution in [0.3, 0.4) is 0 Å². The van der Waals surface area contributed by atoms with E-state index >= 15 is 0 Å². The van der Waals surface area contributed by atoms with Gasteiger partial charge in [0, 0.05) is 5.69 Å². The summed E-state index contributed by atoms with van der Waals surface area (Å²) in [6.45, 7) is 6.34. The molecule has 2 aromatic carbocycles. The lowest BCUT2D eigenvalue weighted by atomic mass is 9.87. The summed E-state index contributed by atoms with van der Waals surface area (Å²) in [5, 5.41) is 2.75. The van der Waals surface area contributed by atoms with Crippen molar-refractivity contribution in [2.24, 2.45) is 0 Å². The van der Waals surface area contributed by atoms with E-state index in [1.54, 1.807) is 18.2 Å². The maximum absolute atomic E-state index is 12.0. The van der Waals surface area contributed by atoms with E-state index in [2.05, 4.69) is 36.1 Å². The van der Waals surface area contributed by atoms with Crippen LogP contribution >= 0.6 is 0 Å². The molecule has 1 amide bonds. The number of fused-ring (bicyclic) bond motifs is 1. The second-order valence-electron chi connectivity index (χ2n) is 6.95. The van der Waals surface area contributed by atoms with E-state index in [4.69, 9.17) is 4.74 Å². The van der Waals surface area contributed by atoms with Crippen molar-refractivity contribution in [1.82, 2.24) is 9.97 Å². The van der Waals surface area contributed by atoms with Crippen molar-refractivity contribution in [3.8, 4) is 5.75 Å². The summed E-state index contributed by atoms with van der Waals surface area (Å²) < 4.78 is 5.52. The number of amides is 1. The van der Waals surface area contributed by atoms with E-state index in [0.29, 0.717) is 22.5 Å². The molecule has 6 heteroatoms. The number of anilines is 1. The molecule has 0 radical (unpaired) electrons. The van der Waals surface area contributed by atoms with Gasteiger partial charge in [0.1, 0.15) is 5.75 Å². The number of benzene rings is 2. The van der Waals surface area contributed by atoms with Crippen molar-refractivity contribution in [2.75, 3.05) is 11.9 Å². The summed E-state index contributed by atoms with van der Waals surface area (Å²) in [6.07, 6.45) is 0. The molecule has 3 N–H and O–H groups in total. The van der Waals surface area contributed by atoms with Crippen molar-refractivity contribution in [2.45, 2.75) is 26.2 Å². The Balaban J connectivity index is 1.59. The predicted octanol–water partition coefficient (Wildman–Crippen LogP) is 3.17. The van der Waals surface area contributed by atoms with Crippen LogP contribution in [0.15, 0.2) is 47.3 Å². The van der Waals surface area contributed by atoms with Crippen molar-refractivity contribution >= 4 is 22.6 Å². The molecule has 1 aromatic heterocycles. The SMILES string of the molecule is CC(C)(C)c1ccc(OCC(=O)Nc2ccc3[nH]c(=O)[nH]c3c2)cc1. The van der Waals surface area contributed by atoms with Crippen molar-refractivity contribution in [3.05, 3.63) is 58.5 Å². The first kappa shape index (κ1) is 16.8. The van der Waals surface area contributed by atoms with Crippen molar-refractivity contribution in [3.63, 3.8) is 0 Å². The first-order valence-corrected chi connectivity index (χ1v) is 8.06. The number of imidazole rings is 1. The van der Waals surface area contributed by atoms with Gasteiger partial charge in [0.25, 0.3) is 5.91 Å². The fourth-order valence-electron chi connectivity index (χ4n) is 2.51. The number of carbonyl (C=O) groups excluding carboxylic acids is 1. The van der Waals surface area contributed by atoms with E-state index < -0.39 is 0 Å². The highest BCUT2D eigenvalue weighted by atomic mass is 16.5. The number of hydrogen-bond acceptors (Lipinski definition) is 3. The summed E-state index contributed by atoms with van der Waals surface area (Å²) in [5.41, 5.74) is 2.94. The molecule has 25 heavy (non-hydrogen) atoms. The second kappa shape index (κ2) is 6.47. The minimum absolute atomic E-state index is 0.0771. The number of carbonyl (C=O) groups is 1. The minimum atomic E-state index is -0.277. The molecule has 0 aliphatic rings. The Kier molecular flexibility index (Phi) is 4.35. The fourth-order valence-corrected chi connectivity index (χ4v) is 2.51. The Bertz CT molecular complexity index is 946. The van der Waals surface area contributed by atoms with E-state index in [1.807, 2.05) is 24.3 Å². The zero-order valence-corrected chi connectivity index (χ0v) is 14.5. The van der Waals surface area contributed by atoms with Crippen LogP contribution in [0.1, 0.15) is 26.3 Å². The molecule has 0 saturated heterocycles. The summed E-state index contributed by atoms with van der Waals surface area (Å²) in [5.74, 6) is 0.380. The molecule has 130 valence electrons. The van der Waals surface area contributed by atoms with Crippen LogP contribution in [0.25, 0.3) is 11.0 Å². The summed E-state index contributed by atoms with van der Waals surface area (Å²) in [6, 6.07) is 12.9. The van der Waals surface area contributed by atoms with Gasteiger partial charge in [0.2, 0.25) is 0 Å². The average Bonchev–Trinajstić information content (AvgIpc) is 2.92. The average molecular weight is 339 g/mol. The topological polar surface area (TPSA) is 87.0 Å². The lowest BCUT2D eigenvalue weighted by molar-refractivity contribution is -0.118. The number of nitrogens with one attached hydrogen (secondary N) is 3. The third-order valence-corrected chi connectivity index (χ3v) is 3.89. The lowest BCUT2D eigenvalue weighted by Gasteiger charge is -2.19. The van der Waals surface area contributed by atoms with Gasteiger partial charge < -0.3 is 20.0 Å². The number of aromatic nitrogens is 2. The smallest absolute Gasteiger partial charge is 0.323 e. The molecule has 0 spiro atoms. The molecule has 0 fully saturated rings. The first-order chi connectivity index (χ1) is 11.8. The zero-order chi connectivity index (χ0) is 18.0. The Morgan fingerprint density at radius 3 is 2.40 bits per heavy atom. The molecule has 0 saturated carbocycles. The maximum atomic E-state index is 12.0. The molecule has 0 atom stereocenters. The number of rotatable bonds is 4. The van der Waals surface area contributed by atoms with Crippen LogP contribution in [0, 0.1) is 0 Å². The van der Waals surface area contributed by atoms with Gasteiger partial charge in [0.15, 0.2) is 6.61 Å². The largest absolute Gasteiger partial charge is 0.484 e. The molecule has 6 nitrogen and oxygen atoms in total. The Morgan fingerprint density at radius 2 is 1.72 bits per heavy atom. The van der Waals surface area contributed by atoms with Crippen LogP contribution in [0.5, 0.6) is 5.75 Å². The summed E-state index contributed by atoms with van der Waals surface area (Å²) >= 11 is 0. The van der Waals surface area contributed by atoms with Gasteiger partial charge in [-0.2, -0.15) is 0 Å². The first-order valence-electron chi connectivity index (χ1n) is 8.06. The molecule has 0 aliphatic heterocycles. The highest BCUT2D eigenvalue weighted by Gasteiger charge is 2.13. The molecule has 0 unspecified atom stereocenters. The van der Waals surface area contributed by atoms with Crippen molar-refractivity contribution < 1.29 is 9.53 Å². The number of aromatic amines is 2. The van der Waals surface area contributed by atoms with Crippen molar-refractivity contribution in [1.29, 1.82) is 0 Å². The van der Waals surface area contributed by atoms with E-state index in [9.17, 15) is 9.59 Å². The number of H-pyrrole nitrogens is 2. The molecule has 3 aromatic rings. The highest BCUT2D eigenvalue weighted by molar-refractivity contribution is 5.93. The minimum Gasteiger partial charge on any atom is -0.484 e. The number of hydrogen-bond donors (Lipinski definition) is 3. The zero-order valence-electron chi connectivity index (χ0n) is 14.5. The molecule has 1 heterocycles.